The van der Waals surface area contributed by atoms with Crippen molar-refractivity contribution in [1.82, 2.24) is 4.98 Å². The molecular formula is C16H25BrN2. The fourth-order valence-electron chi connectivity index (χ4n) is 3.09. The lowest BCUT2D eigenvalue weighted by atomic mass is 9.95. The number of nitrogens with zero attached hydrogens (tertiary/aromatic N) is 1. The van der Waals surface area contributed by atoms with Crippen molar-refractivity contribution >= 4 is 21.6 Å². The number of rotatable bonds is 4. The second-order valence-corrected chi connectivity index (χ2v) is 6.59. The van der Waals surface area contributed by atoms with Crippen LogP contribution in [0.2, 0.25) is 0 Å². The van der Waals surface area contributed by atoms with E-state index in [4.69, 9.17) is 0 Å². The van der Waals surface area contributed by atoms with Crippen LogP contribution in [-0.4, -0.2) is 11.0 Å². The third-order valence-corrected chi connectivity index (χ3v) is 5.00. The van der Waals surface area contributed by atoms with Gasteiger partial charge in [-0.3, -0.25) is 0 Å². The number of anilines is 1. The van der Waals surface area contributed by atoms with Gasteiger partial charge in [-0.1, -0.05) is 32.6 Å². The molecule has 0 spiro atoms. The molecule has 0 aliphatic heterocycles. The first-order valence-corrected chi connectivity index (χ1v) is 8.37. The van der Waals surface area contributed by atoms with E-state index in [1.54, 1.807) is 0 Å². The van der Waals surface area contributed by atoms with Gasteiger partial charge in [-0.05, 0) is 59.7 Å². The van der Waals surface area contributed by atoms with Gasteiger partial charge in [0.05, 0.1) is 11.9 Å². The zero-order valence-corrected chi connectivity index (χ0v) is 13.7. The molecule has 1 aromatic heterocycles. The highest BCUT2D eigenvalue weighted by molar-refractivity contribution is 9.10. The Labute approximate surface area is 125 Å². The Morgan fingerprint density at radius 1 is 1.32 bits per heavy atom. The van der Waals surface area contributed by atoms with Gasteiger partial charge in [-0.25, -0.2) is 4.98 Å². The zero-order valence-electron chi connectivity index (χ0n) is 12.1. The van der Waals surface area contributed by atoms with Crippen molar-refractivity contribution < 1.29 is 0 Å². The van der Waals surface area contributed by atoms with Crippen molar-refractivity contribution in [2.45, 2.75) is 64.8 Å². The molecule has 2 rings (SSSR count). The van der Waals surface area contributed by atoms with Gasteiger partial charge < -0.3 is 5.32 Å². The van der Waals surface area contributed by atoms with Crippen LogP contribution in [0.15, 0.2) is 16.9 Å². The molecule has 3 heteroatoms. The monoisotopic (exact) mass is 324 g/mol. The second kappa shape index (κ2) is 7.28. The van der Waals surface area contributed by atoms with E-state index >= 15 is 0 Å². The van der Waals surface area contributed by atoms with E-state index in [0.29, 0.717) is 6.04 Å². The molecule has 2 atom stereocenters. The summed E-state index contributed by atoms with van der Waals surface area (Å²) in [6.45, 7) is 4.39. The number of aromatic nitrogens is 1. The minimum absolute atomic E-state index is 0.629. The number of nitrogens with one attached hydrogen (secondary N) is 1. The standard InChI is InChI=1S/C16H25BrN2/c1-3-5-13-6-4-7-14(9-8-13)19-15-10-12(2)16(17)18-11-15/h10-11,13-14,19H,3-9H2,1-2H3. The van der Waals surface area contributed by atoms with Crippen molar-refractivity contribution in [3.63, 3.8) is 0 Å². The van der Waals surface area contributed by atoms with Gasteiger partial charge in [-0.15, -0.1) is 0 Å². The summed E-state index contributed by atoms with van der Waals surface area (Å²) in [5.74, 6) is 0.960. The van der Waals surface area contributed by atoms with Crippen molar-refractivity contribution in [2.24, 2.45) is 5.92 Å². The predicted octanol–water partition coefficient (Wildman–Crippen LogP) is 5.31. The summed E-state index contributed by atoms with van der Waals surface area (Å²) in [5.41, 5.74) is 2.36. The first-order chi connectivity index (χ1) is 9.19. The van der Waals surface area contributed by atoms with Crippen molar-refractivity contribution in [3.8, 4) is 0 Å². The van der Waals surface area contributed by atoms with Gasteiger partial charge in [0.25, 0.3) is 0 Å². The van der Waals surface area contributed by atoms with Gasteiger partial charge in [0, 0.05) is 6.04 Å². The summed E-state index contributed by atoms with van der Waals surface area (Å²) < 4.78 is 0.946. The molecular weight excluding hydrogens is 300 g/mol. The lowest BCUT2D eigenvalue weighted by molar-refractivity contribution is 0.422. The van der Waals surface area contributed by atoms with E-state index in [2.05, 4.69) is 46.1 Å². The Kier molecular flexibility index (Phi) is 5.68. The van der Waals surface area contributed by atoms with Crippen molar-refractivity contribution in [3.05, 3.63) is 22.4 Å². The van der Waals surface area contributed by atoms with Gasteiger partial charge >= 0.3 is 0 Å². The van der Waals surface area contributed by atoms with Crippen LogP contribution in [0.3, 0.4) is 0 Å². The fourth-order valence-corrected chi connectivity index (χ4v) is 3.31. The van der Waals surface area contributed by atoms with Crippen LogP contribution in [0.5, 0.6) is 0 Å². The molecule has 1 saturated carbocycles. The summed E-state index contributed by atoms with van der Waals surface area (Å²) >= 11 is 3.45. The Hall–Kier alpha value is -0.570. The lowest BCUT2D eigenvalue weighted by Crippen LogP contribution is -2.18. The Bertz CT molecular complexity index is 406. The first-order valence-electron chi connectivity index (χ1n) is 7.57. The molecule has 1 heterocycles. The Balaban J connectivity index is 1.90. The van der Waals surface area contributed by atoms with Gasteiger partial charge in [0.15, 0.2) is 0 Å². The molecule has 1 fully saturated rings. The van der Waals surface area contributed by atoms with E-state index in [1.165, 1.54) is 56.2 Å². The summed E-state index contributed by atoms with van der Waals surface area (Å²) in [6, 6.07) is 2.81. The van der Waals surface area contributed by atoms with Crippen LogP contribution in [0.25, 0.3) is 0 Å². The van der Waals surface area contributed by atoms with E-state index in [9.17, 15) is 0 Å². The number of hydrogen-bond acceptors (Lipinski definition) is 2. The molecule has 1 aliphatic rings. The van der Waals surface area contributed by atoms with E-state index in [0.717, 1.165) is 10.5 Å². The van der Waals surface area contributed by atoms with Gasteiger partial charge in [0.1, 0.15) is 4.60 Å². The molecule has 2 unspecified atom stereocenters. The fraction of sp³-hybridized carbons (Fsp3) is 0.688. The van der Waals surface area contributed by atoms with Crippen LogP contribution in [0.1, 0.15) is 57.4 Å². The molecule has 1 aromatic rings. The molecule has 0 radical (unpaired) electrons. The molecule has 2 nitrogen and oxygen atoms in total. The average Bonchev–Trinajstić information content (AvgIpc) is 2.60. The highest BCUT2D eigenvalue weighted by Crippen LogP contribution is 2.28. The summed E-state index contributed by atoms with van der Waals surface area (Å²) in [5, 5.41) is 3.67. The van der Waals surface area contributed by atoms with Crippen LogP contribution in [0, 0.1) is 12.8 Å². The zero-order chi connectivity index (χ0) is 13.7. The molecule has 19 heavy (non-hydrogen) atoms. The highest BCUT2D eigenvalue weighted by Gasteiger charge is 2.18. The Morgan fingerprint density at radius 2 is 2.16 bits per heavy atom. The number of halogens is 1. The maximum atomic E-state index is 4.37. The maximum absolute atomic E-state index is 4.37. The van der Waals surface area contributed by atoms with Gasteiger partial charge in [-0.2, -0.15) is 0 Å². The van der Waals surface area contributed by atoms with Crippen molar-refractivity contribution in [2.75, 3.05) is 5.32 Å². The predicted molar refractivity (Wildman–Crippen MR) is 85.6 cm³/mol. The average molecular weight is 325 g/mol. The molecule has 0 amide bonds. The largest absolute Gasteiger partial charge is 0.381 e. The molecule has 0 aromatic carbocycles. The van der Waals surface area contributed by atoms with Crippen LogP contribution < -0.4 is 5.32 Å². The topological polar surface area (TPSA) is 24.9 Å². The van der Waals surface area contributed by atoms with E-state index in [1.807, 2.05) is 6.20 Å². The normalized spacial score (nSPS) is 23.9. The smallest absolute Gasteiger partial charge is 0.109 e. The quantitative estimate of drug-likeness (QED) is 0.599. The van der Waals surface area contributed by atoms with E-state index in [-0.39, 0.29) is 0 Å². The summed E-state index contributed by atoms with van der Waals surface area (Å²) in [4.78, 5) is 4.37. The third-order valence-electron chi connectivity index (χ3n) is 4.17. The van der Waals surface area contributed by atoms with Crippen LogP contribution in [-0.2, 0) is 0 Å². The summed E-state index contributed by atoms with van der Waals surface area (Å²) in [7, 11) is 0. The summed E-state index contributed by atoms with van der Waals surface area (Å²) in [6.07, 6.45) is 11.5. The molecule has 1 N–H and O–H groups in total. The van der Waals surface area contributed by atoms with Crippen LogP contribution in [0.4, 0.5) is 5.69 Å². The SMILES string of the molecule is CCCC1CCCC(Nc2cnc(Br)c(C)c2)CC1. The van der Waals surface area contributed by atoms with Crippen LogP contribution >= 0.6 is 15.9 Å². The molecule has 1 aliphatic carbocycles. The minimum Gasteiger partial charge on any atom is -0.381 e. The third kappa shape index (κ3) is 4.48. The first kappa shape index (κ1) is 14.8. The number of aryl methyl sites for hydroxylation is 1. The molecule has 0 bridgehead atoms. The molecule has 106 valence electrons. The number of pyridine rings is 1. The molecule has 0 saturated heterocycles. The maximum Gasteiger partial charge on any atom is 0.109 e. The van der Waals surface area contributed by atoms with Crippen molar-refractivity contribution in [1.29, 1.82) is 0 Å². The van der Waals surface area contributed by atoms with Gasteiger partial charge in [0.2, 0.25) is 0 Å². The van der Waals surface area contributed by atoms with E-state index < -0.39 is 0 Å². The second-order valence-electron chi connectivity index (χ2n) is 5.84. The highest BCUT2D eigenvalue weighted by atomic mass is 79.9. The minimum atomic E-state index is 0.629. The number of hydrogen-bond donors (Lipinski definition) is 1. The Morgan fingerprint density at radius 3 is 2.89 bits per heavy atom. The lowest BCUT2D eigenvalue weighted by Gasteiger charge is -2.18.